The summed E-state index contributed by atoms with van der Waals surface area (Å²) in [6.07, 6.45) is 2.16. The van der Waals surface area contributed by atoms with E-state index in [2.05, 4.69) is 6.58 Å². The van der Waals surface area contributed by atoms with Crippen LogP contribution in [0.25, 0.3) is 11.1 Å². The molecule has 0 saturated heterocycles. The molecule has 0 fully saturated rings. The lowest BCUT2D eigenvalue weighted by molar-refractivity contribution is -0.137. The number of carbonyl (C=O) groups is 4. The molecule has 0 heterocycles. The summed E-state index contributed by atoms with van der Waals surface area (Å²) in [4.78, 5) is 48.3. The second kappa shape index (κ2) is 14.8. The van der Waals surface area contributed by atoms with Gasteiger partial charge in [0.15, 0.2) is 0 Å². The van der Waals surface area contributed by atoms with E-state index in [1.807, 2.05) is 42.5 Å². The van der Waals surface area contributed by atoms with Crippen molar-refractivity contribution in [3.05, 3.63) is 132 Å². The van der Waals surface area contributed by atoms with Crippen molar-refractivity contribution in [1.29, 1.82) is 0 Å². The van der Waals surface area contributed by atoms with Crippen LogP contribution >= 0.6 is 0 Å². The fourth-order valence-electron chi connectivity index (χ4n) is 3.76. The van der Waals surface area contributed by atoms with Gasteiger partial charge in [0, 0.05) is 6.08 Å². The van der Waals surface area contributed by atoms with Gasteiger partial charge in [-0.3, -0.25) is 0 Å². The molecule has 0 aliphatic heterocycles. The van der Waals surface area contributed by atoms with Gasteiger partial charge < -0.3 is 18.9 Å². The van der Waals surface area contributed by atoms with Gasteiger partial charge >= 0.3 is 23.9 Å². The van der Waals surface area contributed by atoms with Crippen LogP contribution in [0.2, 0.25) is 0 Å². The van der Waals surface area contributed by atoms with Crippen LogP contribution in [0.15, 0.2) is 116 Å². The summed E-state index contributed by atoms with van der Waals surface area (Å²) in [5.74, 6) is -1.55. The standard InChI is InChI=1S/C34H28O8/c1-2-31(35)39-22-6-7-23-40-32(36)26-10-12-27(13-11-26)33(37)42-30-20-16-28(17-21-30)34(38)41-29-18-14-25(15-19-29)24-8-4-3-5-9-24/h2-5,8-21H,1,6-7,22-23H2. The molecular formula is C34H28O8. The monoisotopic (exact) mass is 564 g/mol. The minimum absolute atomic E-state index is 0.165. The first kappa shape index (κ1) is 29.5. The Balaban J connectivity index is 1.23. The molecule has 4 aromatic rings. The average Bonchev–Trinajstić information content (AvgIpc) is 3.03. The van der Waals surface area contributed by atoms with Crippen molar-refractivity contribution in [2.24, 2.45) is 0 Å². The van der Waals surface area contributed by atoms with E-state index in [1.165, 1.54) is 48.5 Å². The highest BCUT2D eigenvalue weighted by Crippen LogP contribution is 2.23. The number of rotatable bonds is 12. The maximum Gasteiger partial charge on any atom is 0.343 e. The molecule has 0 radical (unpaired) electrons. The molecule has 0 aliphatic rings. The van der Waals surface area contributed by atoms with Gasteiger partial charge in [0.1, 0.15) is 11.5 Å². The van der Waals surface area contributed by atoms with Crippen LogP contribution in [-0.4, -0.2) is 37.1 Å². The molecule has 0 atom stereocenters. The molecule has 8 nitrogen and oxygen atoms in total. The van der Waals surface area contributed by atoms with Gasteiger partial charge in [-0.1, -0.05) is 49.0 Å². The number of hydrogen-bond donors (Lipinski definition) is 0. The number of benzene rings is 4. The van der Waals surface area contributed by atoms with Crippen molar-refractivity contribution >= 4 is 23.9 Å². The molecule has 0 saturated carbocycles. The number of hydrogen-bond acceptors (Lipinski definition) is 8. The molecule has 0 aromatic heterocycles. The van der Waals surface area contributed by atoms with Crippen LogP contribution in [-0.2, 0) is 14.3 Å². The largest absolute Gasteiger partial charge is 0.463 e. The van der Waals surface area contributed by atoms with E-state index in [0.29, 0.717) is 24.2 Å². The first-order valence-corrected chi connectivity index (χ1v) is 13.2. The van der Waals surface area contributed by atoms with E-state index in [0.717, 1.165) is 17.2 Å². The highest BCUT2D eigenvalue weighted by Gasteiger charge is 2.14. The Kier molecular flexibility index (Phi) is 10.4. The highest BCUT2D eigenvalue weighted by molar-refractivity contribution is 5.94. The lowest BCUT2D eigenvalue weighted by Gasteiger charge is -2.08. The van der Waals surface area contributed by atoms with Gasteiger partial charge in [-0.25, -0.2) is 19.2 Å². The molecule has 0 N–H and O–H groups in total. The first-order chi connectivity index (χ1) is 20.4. The molecule has 0 amide bonds. The quantitative estimate of drug-likeness (QED) is 0.0836. The number of esters is 4. The highest BCUT2D eigenvalue weighted by atomic mass is 16.5. The Hall–Kier alpha value is -5.50. The van der Waals surface area contributed by atoms with Gasteiger partial charge in [-0.15, -0.1) is 0 Å². The molecule has 0 bridgehead atoms. The van der Waals surface area contributed by atoms with Crippen molar-refractivity contribution in [2.45, 2.75) is 12.8 Å². The van der Waals surface area contributed by atoms with Crippen LogP contribution in [0.5, 0.6) is 11.5 Å². The predicted molar refractivity (Wildman–Crippen MR) is 155 cm³/mol. The molecule has 42 heavy (non-hydrogen) atoms. The molecule has 0 unspecified atom stereocenters. The topological polar surface area (TPSA) is 105 Å². The summed E-state index contributed by atoms with van der Waals surface area (Å²) < 4.78 is 20.9. The smallest absolute Gasteiger partial charge is 0.343 e. The van der Waals surface area contributed by atoms with Crippen molar-refractivity contribution in [1.82, 2.24) is 0 Å². The van der Waals surface area contributed by atoms with E-state index in [9.17, 15) is 19.2 Å². The van der Waals surface area contributed by atoms with Gasteiger partial charge in [-0.2, -0.15) is 0 Å². The van der Waals surface area contributed by atoms with Gasteiger partial charge in [0.2, 0.25) is 0 Å². The normalized spacial score (nSPS) is 10.3. The van der Waals surface area contributed by atoms with Crippen LogP contribution in [0.3, 0.4) is 0 Å². The van der Waals surface area contributed by atoms with E-state index in [1.54, 1.807) is 12.1 Å². The Morgan fingerprint density at radius 3 is 1.48 bits per heavy atom. The van der Waals surface area contributed by atoms with E-state index in [-0.39, 0.29) is 30.1 Å². The first-order valence-electron chi connectivity index (χ1n) is 13.2. The van der Waals surface area contributed by atoms with Crippen molar-refractivity contribution in [3.63, 3.8) is 0 Å². The molecule has 4 rings (SSSR count). The number of carbonyl (C=O) groups excluding carboxylic acids is 4. The Labute approximate surface area is 243 Å². The van der Waals surface area contributed by atoms with E-state index < -0.39 is 23.9 Å². The van der Waals surface area contributed by atoms with Gasteiger partial charge in [-0.05, 0) is 84.6 Å². The Morgan fingerprint density at radius 2 is 0.952 bits per heavy atom. The fourth-order valence-corrected chi connectivity index (χ4v) is 3.76. The van der Waals surface area contributed by atoms with Gasteiger partial charge in [0.25, 0.3) is 0 Å². The molecular weight excluding hydrogens is 536 g/mol. The summed E-state index contributed by atoms with van der Waals surface area (Å²) in [6, 6.07) is 28.9. The van der Waals surface area contributed by atoms with Crippen molar-refractivity contribution < 1.29 is 38.1 Å². The lowest BCUT2D eigenvalue weighted by Crippen LogP contribution is -2.11. The Morgan fingerprint density at radius 1 is 0.524 bits per heavy atom. The van der Waals surface area contributed by atoms with Crippen molar-refractivity contribution in [3.8, 4) is 22.6 Å². The third-order valence-corrected chi connectivity index (χ3v) is 6.01. The second-order valence-electron chi connectivity index (χ2n) is 8.99. The summed E-state index contributed by atoms with van der Waals surface area (Å²) in [7, 11) is 0. The minimum atomic E-state index is -0.627. The van der Waals surface area contributed by atoms with E-state index >= 15 is 0 Å². The predicted octanol–water partition coefficient (Wildman–Crippen LogP) is 6.46. The van der Waals surface area contributed by atoms with Crippen LogP contribution in [0.1, 0.15) is 43.9 Å². The van der Waals surface area contributed by atoms with Crippen LogP contribution in [0, 0.1) is 0 Å². The summed E-state index contributed by atoms with van der Waals surface area (Å²) >= 11 is 0. The lowest BCUT2D eigenvalue weighted by atomic mass is 10.1. The zero-order valence-corrected chi connectivity index (χ0v) is 22.7. The molecule has 212 valence electrons. The molecule has 4 aromatic carbocycles. The third-order valence-electron chi connectivity index (χ3n) is 6.01. The van der Waals surface area contributed by atoms with Gasteiger partial charge in [0.05, 0.1) is 29.9 Å². The number of ether oxygens (including phenoxy) is 4. The fraction of sp³-hybridized carbons (Fsp3) is 0.118. The molecule has 0 spiro atoms. The minimum Gasteiger partial charge on any atom is -0.463 e. The SMILES string of the molecule is C=CC(=O)OCCCCOC(=O)c1ccc(C(=O)Oc2ccc(C(=O)Oc3ccc(-c4ccccc4)cc3)cc2)cc1. The van der Waals surface area contributed by atoms with Crippen LogP contribution in [0.4, 0.5) is 0 Å². The maximum absolute atomic E-state index is 12.6. The summed E-state index contributed by atoms with van der Waals surface area (Å²) in [5.41, 5.74) is 2.88. The molecule has 8 heteroatoms. The third kappa shape index (κ3) is 8.50. The van der Waals surface area contributed by atoms with Crippen molar-refractivity contribution in [2.75, 3.05) is 13.2 Å². The molecule has 0 aliphatic carbocycles. The Bertz CT molecular complexity index is 1520. The maximum atomic E-state index is 12.6. The summed E-state index contributed by atoms with van der Waals surface area (Å²) in [6.45, 7) is 3.69. The second-order valence-corrected chi connectivity index (χ2v) is 8.99. The van der Waals surface area contributed by atoms with Crippen LogP contribution < -0.4 is 9.47 Å². The van der Waals surface area contributed by atoms with E-state index in [4.69, 9.17) is 18.9 Å². The number of unbranched alkanes of at least 4 members (excludes halogenated alkanes) is 1. The summed E-state index contributed by atoms with van der Waals surface area (Å²) in [5, 5.41) is 0. The average molecular weight is 565 g/mol. The zero-order valence-electron chi connectivity index (χ0n) is 22.7. The zero-order chi connectivity index (χ0) is 29.7.